The van der Waals surface area contributed by atoms with Crippen LogP contribution in [0.2, 0.25) is 0 Å². The van der Waals surface area contributed by atoms with Gasteiger partial charge in [-0.1, -0.05) is 18.6 Å². The van der Waals surface area contributed by atoms with Crippen LogP contribution in [0.3, 0.4) is 0 Å². The van der Waals surface area contributed by atoms with Crippen LogP contribution in [0.4, 0.5) is 0 Å². The second kappa shape index (κ2) is 9.81. The summed E-state index contributed by atoms with van der Waals surface area (Å²) in [6, 6.07) is 8.12. The van der Waals surface area contributed by atoms with Crippen LogP contribution >= 0.6 is 0 Å². The van der Waals surface area contributed by atoms with E-state index >= 15 is 0 Å². The highest BCUT2D eigenvalue weighted by Crippen LogP contribution is 2.15. The number of hydrogen-bond donors (Lipinski definition) is 2. The number of aryl methyl sites for hydroxylation is 2. The first-order valence-corrected chi connectivity index (χ1v) is 9.01. The molecule has 0 fully saturated rings. The summed E-state index contributed by atoms with van der Waals surface area (Å²) in [6.07, 6.45) is 4.16. The lowest BCUT2D eigenvalue weighted by Gasteiger charge is -2.08. The molecule has 2 amide bonds. The molecule has 0 aliphatic heterocycles. The standard InChI is InChI=1S/C19H28N4O2/c1-15-22-17-9-5-6-10-18(17)23(15)14-8-13-21-19(25)11-4-3-7-12-20-16(2)24/h5-6,9-10H,3-4,7-8,11-14H2,1-2H3,(H,20,24)(H,21,25). The number of amides is 2. The molecule has 0 aliphatic carbocycles. The van der Waals surface area contributed by atoms with Crippen molar-refractivity contribution in [3.8, 4) is 0 Å². The fraction of sp³-hybridized carbons (Fsp3) is 0.526. The van der Waals surface area contributed by atoms with Gasteiger partial charge in [-0.25, -0.2) is 4.98 Å². The van der Waals surface area contributed by atoms with Crippen molar-refractivity contribution in [3.05, 3.63) is 30.1 Å². The van der Waals surface area contributed by atoms with E-state index < -0.39 is 0 Å². The number of unbranched alkanes of at least 4 members (excludes halogenated alkanes) is 2. The highest BCUT2D eigenvalue weighted by Gasteiger charge is 2.06. The molecule has 0 bridgehead atoms. The molecule has 6 heteroatoms. The number of rotatable bonds is 10. The van der Waals surface area contributed by atoms with Crippen LogP contribution in [0.5, 0.6) is 0 Å². The monoisotopic (exact) mass is 344 g/mol. The van der Waals surface area contributed by atoms with Crippen LogP contribution < -0.4 is 10.6 Å². The third kappa shape index (κ3) is 6.21. The third-order valence-electron chi connectivity index (χ3n) is 4.18. The zero-order valence-electron chi connectivity index (χ0n) is 15.2. The van der Waals surface area contributed by atoms with Gasteiger partial charge in [-0.3, -0.25) is 9.59 Å². The Bertz CT molecular complexity index is 709. The quantitative estimate of drug-likeness (QED) is 0.650. The Morgan fingerprint density at radius 3 is 2.60 bits per heavy atom. The smallest absolute Gasteiger partial charge is 0.219 e. The number of hydrogen-bond acceptors (Lipinski definition) is 3. The predicted octanol–water partition coefficient (Wildman–Crippen LogP) is 2.55. The summed E-state index contributed by atoms with van der Waals surface area (Å²) in [7, 11) is 0. The van der Waals surface area contributed by atoms with E-state index in [1.807, 2.05) is 25.1 Å². The topological polar surface area (TPSA) is 76.0 Å². The molecule has 2 rings (SSSR count). The molecule has 0 radical (unpaired) electrons. The van der Waals surface area contributed by atoms with E-state index in [2.05, 4.69) is 26.3 Å². The molecule has 2 aromatic rings. The van der Waals surface area contributed by atoms with Crippen LogP contribution in [0.1, 0.15) is 44.9 Å². The van der Waals surface area contributed by atoms with Gasteiger partial charge in [0.05, 0.1) is 11.0 Å². The van der Waals surface area contributed by atoms with Crippen molar-refractivity contribution in [2.45, 2.75) is 52.5 Å². The summed E-state index contributed by atoms with van der Waals surface area (Å²) in [5.74, 6) is 1.11. The van der Waals surface area contributed by atoms with Gasteiger partial charge in [0.15, 0.2) is 0 Å². The summed E-state index contributed by atoms with van der Waals surface area (Å²) in [5, 5.41) is 5.74. The van der Waals surface area contributed by atoms with Crippen molar-refractivity contribution in [1.82, 2.24) is 20.2 Å². The van der Waals surface area contributed by atoms with E-state index in [1.165, 1.54) is 6.92 Å². The van der Waals surface area contributed by atoms with Gasteiger partial charge >= 0.3 is 0 Å². The van der Waals surface area contributed by atoms with Crippen molar-refractivity contribution in [2.75, 3.05) is 13.1 Å². The molecule has 1 heterocycles. The fourth-order valence-electron chi connectivity index (χ4n) is 2.88. The zero-order valence-corrected chi connectivity index (χ0v) is 15.2. The summed E-state index contributed by atoms with van der Waals surface area (Å²) in [6.45, 7) is 5.75. The number of benzene rings is 1. The van der Waals surface area contributed by atoms with Gasteiger partial charge in [0.1, 0.15) is 5.82 Å². The Hall–Kier alpha value is -2.37. The molecule has 0 unspecified atom stereocenters. The Morgan fingerprint density at radius 1 is 1.04 bits per heavy atom. The summed E-state index contributed by atoms with van der Waals surface area (Å²) in [4.78, 5) is 27.1. The fourth-order valence-corrected chi connectivity index (χ4v) is 2.88. The minimum atomic E-state index is -0.00125. The van der Waals surface area contributed by atoms with E-state index in [0.717, 1.165) is 49.1 Å². The van der Waals surface area contributed by atoms with Crippen molar-refractivity contribution < 1.29 is 9.59 Å². The van der Waals surface area contributed by atoms with Crippen LogP contribution in [-0.4, -0.2) is 34.5 Å². The zero-order chi connectivity index (χ0) is 18.1. The lowest BCUT2D eigenvalue weighted by molar-refractivity contribution is -0.121. The van der Waals surface area contributed by atoms with Gasteiger partial charge in [0, 0.05) is 33.0 Å². The van der Waals surface area contributed by atoms with E-state index in [9.17, 15) is 9.59 Å². The predicted molar refractivity (Wildman–Crippen MR) is 99.2 cm³/mol. The van der Waals surface area contributed by atoms with Crippen molar-refractivity contribution in [2.24, 2.45) is 0 Å². The average molecular weight is 344 g/mol. The highest BCUT2D eigenvalue weighted by atomic mass is 16.2. The molecule has 0 spiro atoms. The molecule has 1 aromatic heterocycles. The normalized spacial score (nSPS) is 10.8. The summed E-state index contributed by atoms with van der Waals surface area (Å²) in [5.41, 5.74) is 2.16. The van der Waals surface area contributed by atoms with Crippen molar-refractivity contribution in [1.29, 1.82) is 0 Å². The van der Waals surface area contributed by atoms with Gasteiger partial charge in [0.2, 0.25) is 11.8 Å². The molecule has 25 heavy (non-hydrogen) atoms. The molecule has 0 aliphatic rings. The largest absolute Gasteiger partial charge is 0.356 e. The van der Waals surface area contributed by atoms with Crippen LogP contribution in [0.15, 0.2) is 24.3 Å². The number of fused-ring (bicyclic) bond motifs is 1. The van der Waals surface area contributed by atoms with E-state index in [0.29, 0.717) is 19.5 Å². The van der Waals surface area contributed by atoms with E-state index in [1.54, 1.807) is 0 Å². The third-order valence-corrected chi connectivity index (χ3v) is 4.18. The summed E-state index contributed by atoms with van der Waals surface area (Å²) < 4.78 is 2.20. The highest BCUT2D eigenvalue weighted by molar-refractivity contribution is 5.76. The van der Waals surface area contributed by atoms with E-state index in [-0.39, 0.29) is 11.8 Å². The maximum Gasteiger partial charge on any atom is 0.219 e. The Morgan fingerprint density at radius 2 is 1.80 bits per heavy atom. The number of nitrogens with zero attached hydrogens (tertiary/aromatic N) is 2. The van der Waals surface area contributed by atoms with Crippen LogP contribution in [-0.2, 0) is 16.1 Å². The molecule has 136 valence electrons. The Balaban J connectivity index is 1.60. The maximum absolute atomic E-state index is 11.8. The Kier molecular flexibility index (Phi) is 7.44. The first-order chi connectivity index (χ1) is 12.1. The second-order valence-corrected chi connectivity index (χ2v) is 6.30. The number of para-hydroxylation sites is 2. The number of carbonyl (C=O) groups is 2. The number of aromatic nitrogens is 2. The number of carbonyl (C=O) groups excluding carboxylic acids is 2. The van der Waals surface area contributed by atoms with Crippen LogP contribution in [0, 0.1) is 6.92 Å². The SMILES string of the molecule is CC(=O)NCCCCCC(=O)NCCCn1c(C)nc2ccccc21. The molecule has 0 saturated carbocycles. The van der Waals surface area contributed by atoms with Crippen molar-refractivity contribution in [3.63, 3.8) is 0 Å². The molecule has 0 saturated heterocycles. The first kappa shape index (κ1) is 19.0. The molecule has 1 aromatic carbocycles. The average Bonchev–Trinajstić information content (AvgIpc) is 2.90. The minimum Gasteiger partial charge on any atom is -0.356 e. The van der Waals surface area contributed by atoms with E-state index in [4.69, 9.17) is 0 Å². The van der Waals surface area contributed by atoms with Crippen molar-refractivity contribution >= 4 is 22.8 Å². The van der Waals surface area contributed by atoms with Gasteiger partial charge < -0.3 is 15.2 Å². The van der Waals surface area contributed by atoms with Gasteiger partial charge in [-0.15, -0.1) is 0 Å². The van der Waals surface area contributed by atoms with Crippen LogP contribution in [0.25, 0.3) is 11.0 Å². The maximum atomic E-state index is 11.8. The number of nitrogens with one attached hydrogen (secondary N) is 2. The van der Waals surface area contributed by atoms with Gasteiger partial charge in [-0.05, 0) is 38.3 Å². The first-order valence-electron chi connectivity index (χ1n) is 9.01. The van der Waals surface area contributed by atoms with Gasteiger partial charge in [0.25, 0.3) is 0 Å². The second-order valence-electron chi connectivity index (χ2n) is 6.30. The summed E-state index contributed by atoms with van der Waals surface area (Å²) >= 11 is 0. The molecule has 0 atom stereocenters. The molecule has 2 N–H and O–H groups in total. The molecular weight excluding hydrogens is 316 g/mol. The number of imidazole rings is 1. The minimum absolute atomic E-state index is 0.00125. The lowest BCUT2D eigenvalue weighted by Crippen LogP contribution is -2.25. The molecule has 6 nitrogen and oxygen atoms in total. The lowest BCUT2D eigenvalue weighted by atomic mass is 10.2. The Labute approximate surface area is 149 Å². The van der Waals surface area contributed by atoms with Gasteiger partial charge in [-0.2, -0.15) is 0 Å². The molecular formula is C19H28N4O2.